The fraction of sp³-hybridized carbons (Fsp3) is 0. The smallest absolute Gasteiger partial charge is 0.0803 e. The molecule has 0 unspecified atom stereocenters. The Morgan fingerprint density at radius 3 is 1.79 bits per heavy atom. The largest absolute Gasteiger partial charge is 0.300 e. The lowest BCUT2D eigenvalue weighted by Gasteiger charge is -2.17. The van der Waals surface area contributed by atoms with Gasteiger partial charge in [-0.1, -0.05) is 176 Å². The lowest BCUT2D eigenvalue weighted by atomic mass is 9.96. The van der Waals surface area contributed by atoms with E-state index in [0.29, 0.717) is 5.71 Å². The number of nitrogens with zero attached hydrogens (tertiary/aromatic N) is 1. The number of aromatic nitrogens is 1. The van der Waals surface area contributed by atoms with Crippen LogP contribution in [0.25, 0.3) is 91.5 Å². The van der Waals surface area contributed by atoms with Gasteiger partial charge in [-0.05, 0) is 73.8 Å². The predicted octanol–water partition coefficient (Wildman–Crippen LogP) is 14.5. The zero-order valence-corrected chi connectivity index (χ0v) is 31.7. The molecule has 0 bridgehead atoms. The highest BCUT2D eigenvalue weighted by atomic mass is 32.1. The van der Waals surface area contributed by atoms with Crippen molar-refractivity contribution in [2.75, 3.05) is 5.43 Å². The highest BCUT2D eigenvalue weighted by Crippen LogP contribution is 2.49. The van der Waals surface area contributed by atoms with Gasteiger partial charge in [0, 0.05) is 36.3 Å². The molecule has 9 aromatic carbocycles. The van der Waals surface area contributed by atoms with Gasteiger partial charge in [-0.3, -0.25) is 10.1 Å². The van der Waals surface area contributed by atoms with Gasteiger partial charge in [0.2, 0.25) is 0 Å². The average molecular weight is 746 g/mol. The minimum absolute atomic E-state index is 0.440. The SMILES string of the molecule is N=C(/C=C(\Nn1c2ccc3ccccc3c2c2c3sc4ccc(-c5ccc(-c6ccccc6)cc5)cc4c3c3ccccc3c21)c1ccccc1)c1ccccc1. The third-order valence-electron chi connectivity index (χ3n) is 11.2. The molecule has 0 amide bonds. The van der Waals surface area contributed by atoms with Gasteiger partial charge in [0.05, 0.1) is 22.4 Å². The highest BCUT2D eigenvalue weighted by molar-refractivity contribution is 7.27. The molecule has 11 aromatic rings. The number of allylic oxidation sites excluding steroid dienone is 1. The summed E-state index contributed by atoms with van der Waals surface area (Å²) in [6, 6.07) is 68.9. The molecule has 0 radical (unpaired) electrons. The molecule has 3 nitrogen and oxygen atoms in total. The van der Waals surface area contributed by atoms with Crippen molar-refractivity contribution >= 4 is 86.3 Å². The van der Waals surface area contributed by atoms with Crippen LogP contribution in [0.15, 0.2) is 200 Å². The van der Waals surface area contributed by atoms with Crippen LogP contribution in [-0.2, 0) is 0 Å². The van der Waals surface area contributed by atoms with E-state index in [1.807, 2.05) is 53.8 Å². The summed E-state index contributed by atoms with van der Waals surface area (Å²) < 4.78 is 4.82. The van der Waals surface area contributed by atoms with Crippen LogP contribution in [-0.4, -0.2) is 10.4 Å². The van der Waals surface area contributed by atoms with E-state index in [4.69, 9.17) is 0 Å². The second-order valence-corrected chi connectivity index (χ2v) is 15.6. The summed E-state index contributed by atoms with van der Waals surface area (Å²) in [7, 11) is 0. The summed E-state index contributed by atoms with van der Waals surface area (Å²) in [6.45, 7) is 0. The van der Waals surface area contributed by atoms with E-state index >= 15 is 0 Å². The Morgan fingerprint density at radius 2 is 1.05 bits per heavy atom. The van der Waals surface area contributed by atoms with Crippen molar-refractivity contribution in [3.05, 3.63) is 211 Å². The van der Waals surface area contributed by atoms with E-state index in [9.17, 15) is 5.41 Å². The maximum Gasteiger partial charge on any atom is 0.0803 e. The fourth-order valence-corrected chi connectivity index (χ4v) is 9.78. The number of hydrogen-bond donors (Lipinski definition) is 2. The Hall–Kier alpha value is -7.27. The van der Waals surface area contributed by atoms with Crippen molar-refractivity contribution in [1.29, 1.82) is 5.41 Å². The molecule has 2 N–H and O–H groups in total. The zero-order chi connectivity index (χ0) is 37.9. The Balaban J connectivity index is 1.19. The second kappa shape index (κ2) is 13.5. The van der Waals surface area contributed by atoms with Crippen LogP contribution >= 0.6 is 11.3 Å². The second-order valence-electron chi connectivity index (χ2n) is 14.6. The van der Waals surface area contributed by atoms with Crippen molar-refractivity contribution < 1.29 is 0 Å². The molecule has 0 saturated heterocycles. The molecule has 0 aliphatic carbocycles. The quantitative estimate of drug-likeness (QED) is 0.157. The summed E-state index contributed by atoms with van der Waals surface area (Å²) >= 11 is 1.88. The maximum absolute atomic E-state index is 9.18. The summed E-state index contributed by atoms with van der Waals surface area (Å²) in [5.74, 6) is 0. The molecule has 268 valence electrons. The minimum atomic E-state index is 0.440. The standard InChI is InChI=1S/C53H35N3S/c54-45(38-17-6-2-7-18-38)33-46(39-19-8-3-9-20-39)55-56-47-30-28-37-16-10-11-21-41(37)50(47)51-52(56)43-23-13-12-22-42(43)49-44-32-40(29-31-48(44)57-53(49)51)36-26-24-35(25-27-36)34-14-4-1-5-15-34/h1-33,54-55H/b46-33-,54-45?. The molecule has 0 atom stereocenters. The first-order chi connectivity index (χ1) is 28.2. The molecule has 0 spiro atoms. The molecule has 2 heterocycles. The van der Waals surface area contributed by atoms with Gasteiger partial charge in [0.25, 0.3) is 0 Å². The van der Waals surface area contributed by atoms with Crippen molar-refractivity contribution in [3.8, 4) is 22.3 Å². The third-order valence-corrected chi connectivity index (χ3v) is 12.4. The summed E-state index contributed by atoms with van der Waals surface area (Å²) in [5.41, 5.74) is 14.1. The average Bonchev–Trinajstić information content (AvgIpc) is 3.83. The lowest BCUT2D eigenvalue weighted by molar-refractivity contribution is 1.07. The van der Waals surface area contributed by atoms with Gasteiger partial charge < -0.3 is 5.41 Å². The zero-order valence-electron chi connectivity index (χ0n) is 30.9. The Morgan fingerprint density at radius 1 is 0.474 bits per heavy atom. The van der Waals surface area contributed by atoms with Crippen molar-refractivity contribution in [3.63, 3.8) is 0 Å². The van der Waals surface area contributed by atoms with Crippen LogP contribution in [0.3, 0.4) is 0 Å². The molecular weight excluding hydrogens is 711 g/mol. The summed E-state index contributed by atoms with van der Waals surface area (Å²) in [5, 5.41) is 19.0. The van der Waals surface area contributed by atoms with E-state index in [1.165, 1.54) is 74.7 Å². The summed E-state index contributed by atoms with van der Waals surface area (Å²) in [6.07, 6.45) is 1.96. The first-order valence-electron chi connectivity index (χ1n) is 19.3. The molecule has 4 heteroatoms. The number of thiophene rings is 1. The Labute approximate surface area is 333 Å². The summed E-state index contributed by atoms with van der Waals surface area (Å²) in [4.78, 5) is 0. The van der Waals surface area contributed by atoms with Crippen LogP contribution in [0.2, 0.25) is 0 Å². The molecule has 0 saturated carbocycles. The lowest BCUT2D eigenvalue weighted by Crippen LogP contribution is -2.15. The van der Waals surface area contributed by atoms with Gasteiger partial charge in [-0.15, -0.1) is 11.3 Å². The molecule has 0 aliphatic heterocycles. The molecule has 0 aliphatic rings. The van der Waals surface area contributed by atoms with Gasteiger partial charge >= 0.3 is 0 Å². The van der Waals surface area contributed by atoms with E-state index in [1.54, 1.807) is 0 Å². The van der Waals surface area contributed by atoms with Crippen LogP contribution in [0.5, 0.6) is 0 Å². The molecule has 57 heavy (non-hydrogen) atoms. The molecular formula is C53H35N3S. The van der Waals surface area contributed by atoms with Crippen LogP contribution < -0.4 is 5.43 Å². The Bertz CT molecular complexity index is 3360. The number of hydrogen-bond acceptors (Lipinski definition) is 3. The Kier molecular flexibility index (Phi) is 7.83. The topological polar surface area (TPSA) is 40.8 Å². The van der Waals surface area contributed by atoms with Crippen molar-refractivity contribution in [2.45, 2.75) is 0 Å². The monoisotopic (exact) mass is 745 g/mol. The number of fused-ring (bicyclic) bond motifs is 12. The molecule has 0 fully saturated rings. The van der Waals surface area contributed by atoms with Crippen LogP contribution in [0.1, 0.15) is 11.1 Å². The van der Waals surface area contributed by atoms with Gasteiger partial charge in [-0.25, -0.2) is 0 Å². The number of benzene rings is 9. The van der Waals surface area contributed by atoms with Crippen molar-refractivity contribution in [2.24, 2.45) is 0 Å². The van der Waals surface area contributed by atoms with Gasteiger partial charge in [-0.2, -0.15) is 0 Å². The highest BCUT2D eigenvalue weighted by Gasteiger charge is 2.23. The molecule has 2 aromatic heterocycles. The van der Waals surface area contributed by atoms with E-state index in [0.717, 1.165) is 27.9 Å². The minimum Gasteiger partial charge on any atom is -0.300 e. The van der Waals surface area contributed by atoms with Gasteiger partial charge in [0.15, 0.2) is 0 Å². The molecule has 11 rings (SSSR count). The van der Waals surface area contributed by atoms with Crippen LogP contribution in [0.4, 0.5) is 0 Å². The van der Waals surface area contributed by atoms with E-state index < -0.39 is 0 Å². The van der Waals surface area contributed by atoms with Crippen LogP contribution in [0, 0.1) is 5.41 Å². The van der Waals surface area contributed by atoms with Crippen molar-refractivity contribution in [1.82, 2.24) is 4.68 Å². The third kappa shape index (κ3) is 5.53. The fourth-order valence-electron chi connectivity index (χ4n) is 8.53. The maximum atomic E-state index is 9.18. The van der Waals surface area contributed by atoms with E-state index in [-0.39, 0.29) is 0 Å². The van der Waals surface area contributed by atoms with E-state index in [2.05, 4.69) is 168 Å². The van der Waals surface area contributed by atoms with Gasteiger partial charge in [0.1, 0.15) is 0 Å². The first kappa shape index (κ1) is 33.1. The first-order valence-corrected chi connectivity index (χ1v) is 20.1. The number of rotatable bonds is 7. The normalized spacial score (nSPS) is 12.0. The predicted molar refractivity (Wildman–Crippen MR) is 245 cm³/mol. The number of nitrogens with one attached hydrogen (secondary N) is 2.